The van der Waals surface area contributed by atoms with Crippen LogP contribution in [-0.2, 0) is 0 Å². The molecule has 7 nitrogen and oxygen atoms in total. The Labute approximate surface area is 154 Å². The van der Waals surface area contributed by atoms with Crippen LogP contribution in [0.3, 0.4) is 0 Å². The third-order valence-corrected chi connectivity index (χ3v) is 5.29. The lowest BCUT2D eigenvalue weighted by Gasteiger charge is -2.20. The molecule has 2 aliphatic rings. The number of carbonyl (C=O) groups is 1. The second-order valence-electron chi connectivity index (χ2n) is 7.17. The zero-order valence-corrected chi connectivity index (χ0v) is 15.3. The molecule has 1 aromatic carbocycles. The molecule has 2 fully saturated rings. The minimum absolute atomic E-state index is 0.0204. The summed E-state index contributed by atoms with van der Waals surface area (Å²) in [6.07, 6.45) is 7.12. The van der Waals surface area contributed by atoms with Crippen LogP contribution < -0.4 is 10.2 Å². The fraction of sp³-hybridized carbons (Fsp3) is 0.632. The number of carbonyl (C=O) groups excluding carboxylic acids is 1. The van der Waals surface area contributed by atoms with E-state index in [0.29, 0.717) is 17.8 Å². The molecule has 2 heterocycles. The van der Waals surface area contributed by atoms with Gasteiger partial charge in [0.25, 0.3) is 11.6 Å². The van der Waals surface area contributed by atoms with Gasteiger partial charge in [0, 0.05) is 37.8 Å². The van der Waals surface area contributed by atoms with E-state index in [1.165, 1.54) is 31.7 Å². The van der Waals surface area contributed by atoms with Gasteiger partial charge >= 0.3 is 0 Å². The first-order chi connectivity index (χ1) is 12.6. The van der Waals surface area contributed by atoms with Crippen LogP contribution in [0, 0.1) is 10.1 Å². The maximum absolute atomic E-state index is 12.4. The first-order valence-electron chi connectivity index (χ1n) is 9.69. The molecule has 0 unspecified atom stereocenters. The van der Waals surface area contributed by atoms with Crippen molar-refractivity contribution in [2.45, 2.75) is 38.5 Å². The van der Waals surface area contributed by atoms with Crippen LogP contribution in [0.2, 0.25) is 0 Å². The van der Waals surface area contributed by atoms with Gasteiger partial charge in [-0.1, -0.05) is 12.8 Å². The second-order valence-corrected chi connectivity index (χ2v) is 7.17. The zero-order valence-electron chi connectivity index (χ0n) is 15.3. The monoisotopic (exact) mass is 360 g/mol. The molecule has 1 amide bonds. The van der Waals surface area contributed by atoms with Gasteiger partial charge in [0.1, 0.15) is 5.69 Å². The quantitative estimate of drug-likeness (QED) is 0.623. The lowest BCUT2D eigenvalue weighted by Crippen LogP contribution is -2.35. The Kier molecular flexibility index (Phi) is 6.44. The molecule has 26 heavy (non-hydrogen) atoms. The van der Waals surface area contributed by atoms with E-state index < -0.39 is 0 Å². The predicted octanol–water partition coefficient (Wildman–Crippen LogP) is 2.80. The Morgan fingerprint density at radius 1 is 1.04 bits per heavy atom. The predicted molar refractivity (Wildman–Crippen MR) is 102 cm³/mol. The first kappa shape index (κ1) is 18.6. The number of anilines is 1. The molecule has 3 rings (SSSR count). The van der Waals surface area contributed by atoms with Crippen LogP contribution in [0.15, 0.2) is 18.2 Å². The van der Waals surface area contributed by atoms with Crippen molar-refractivity contribution in [2.24, 2.45) is 0 Å². The Bertz CT molecular complexity index is 636. The second kappa shape index (κ2) is 8.98. The van der Waals surface area contributed by atoms with Crippen molar-refractivity contribution in [3.8, 4) is 0 Å². The van der Waals surface area contributed by atoms with E-state index in [9.17, 15) is 14.9 Å². The Balaban J connectivity index is 1.59. The summed E-state index contributed by atoms with van der Waals surface area (Å²) in [5.41, 5.74) is 0.996. The van der Waals surface area contributed by atoms with Crippen molar-refractivity contribution in [1.29, 1.82) is 0 Å². The van der Waals surface area contributed by atoms with Gasteiger partial charge in [-0.15, -0.1) is 0 Å². The number of nitro groups is 1. The summed E-state index contributed by atoms with van der Waals surface area (Å²) in [6.45, 7) is 5.25. The third-order valence-electron chi connectivity index (χ3n) is 5.29. The van der Waals surface area contributed by atoms with Gasteiger partial charge in [-0.05, 0) is 50.9 Å². The van der Waals surface area contributed by atoms with E-state index in [1.54, 1.807) is 12.1 Å². The number of amides is 1. The van der Waals surface area contributed by atoms with Gasteiger partial charge < -0.3 is 15.1 Å². The van der Waals surface area contributed by atoms with E-state index >= 15 is 0 Å². The van der Waals surface area contributed by atoms with Crippen molar-refractivity contribution in [2.75, 3.05) is 44.2 Å². The van der Waals surface area contributed by atoms with Gasteiger partial charge in [0.05, 0.1) is 4.92 Å². The van der Waals surface area contributed by atoms with Crippen molar-refractivity contribution >= 4 is 17.3 Å². The molecule has 0 atom stereocenters. The highest BCUT2D eigenvalue weighted by atomic mass is 16.6. The average molecular weight is 360 g/mol. The molecule has 0 aromatic heterocycles. The maximum Gasteiger partial charge on any atom is 0.293 e. The minimum Gasteiger partial charge on any atom is -0.366 e. The van der Waals surface area contributed by atoms with Crippen LogP contribution >= 0.6 is 0 Å². The molecule has 142 valence electrons. The number of nitrogens with one attached hydrogen (secondary N) is 1. The van der Waals surface area contributed by atoms with Crippen molar-refractivity contribution in [3.63, 3.8) is 0 Å². The Hall–Kier alpha value is -2.15. The zero-order chi connectivity index (χ0) is 18.4. The molecule has 7 heteroatoms. The van der Waals surface area contributed by atoms with E-state index in [4.69, 9.17) is 0 Å². The number of likely N-dealkylation sites (tertiary alicyclic amines) is 1. The summed E-state index contributed by atoms with van der Waals surface area (Å²) in [5.74, 6) is -0.240. The van der Waals surface area contributed by atoms with Crippen molar-refractivity contribution in [1.82, 2.24) is 10.2 Å². The fourth-order valence-electron chi connectivity index (χ4n) is 3.83. The normalized spacial score (nSPS) is 18.5. The number of rotatable bonds is 6. The summed E-state index contributed by atoms with van der Waals surface area (Å²) >= 11 is 0. The maximum atomic E-state index is 12.4. The summed E-state index contributed by atoms with van der Waals surface area (Å²) in [6, 6.07) is 4.82. The molecular formula is C19H28N4O3. The van der Waals surface area contributed by atoms with Crippen LogP contribution in [-0.4, -0.2) is 55.0 Å². The molecule has 1 aromatic rings. The molecule has 2 aliphatic heterocycles. The minimum atomic E-state index is -0.387. The van der Waals surface area contributed by atoms with Gasteiger partial charge in [0.2, 0.25) is 0 Å². The van der Waals surface area contributed by atoms with E-state index in [1.807, 2.05) is 4.90 Å². The fourth-order valence-corrected chi connectivity index (χ4v) is 3.83. The molecular weight excluding hydrogens is 332 g/mol. The van der Waals surface area contributed by atoms with Crippen LogP contribution in [0.25, 0.3) is 0 Å². The van der Waals surface area contributed by atoms with Crippen LogP contribution in [0.5, 0.6) is 0 Å². The lowest BCUT2D eigenvalue weighted by atomic mass is 10.1. The number of benzene rings is 1. The number of nitro benzene ring substituents is 1. The lowest BCUT2D eigenvalue weighted by molar-refractivity contribution is -0.384. The number of hydrogen-bond acceptors (Lipinski definition) is 5. The standard InChI is InChI=1S/C19H28N4O3/c24-19(20-9-14-21-10-3-1-2-4-11-21)16-7-8-17(18(15-16)23(25)26)22-12-5-6-13-22/h7-8,15H,1-6,9-14H2,(H,20,24). The van der Waals surface area contributed by atoms with Gasteiger partial charge in [-0.25, -0.2) is 0 Å². The first-order valence-corrected chi connectivity index (χ1v) is 9.69. The molecule has 0 spiro atoms. The van der Waals surface area contributed by atoms with Crippen molar-refractivity contribution < 1.29 is 9.72 Å². The Morgan fingerprint density at radius 2 is 1.69 bits per heavy atom. The molecule has 0 saturated carbocycles. The van der Waals surface area contributed by atoms with Gasteiger partial charge in [0.15, 0.2) is 0 Å². The molecule has 1 N–H and O–H groups in total. The summed E-state index contributed by atoms with van der Waals surface area (Å²) in [7, 11) is 0. The topological polar surface area (TPSA) is 78.7 Å². The largest absolute Gasteiger partial charge is 0.366 e. The van der Waals surface area contributed by atoms with Gasteiger partial charge in [-0.2, -0.15) is 0 Å². The summed E-state index contributed by atoms with van der Waals surface area (Å²) in [4.78, 5) is 27.9. The van der Waals surface area contributed by atoms with E-state index in [-0.39, 0.29) is 16.5 Å². The number of nitrogens with zero attached hydrogens (tertiary/aromatic N) is 3. The van der Waals surface area contributed by atoms with Crippen molar-refractivity contribution in [3.05, 3.63) is 33.9 Å². The average Bonchev–Trinajstić information content (AvgIpc) is 3.05. The summed E-state index contributed by atoms with van der Waals surface area (Å²) in [5, 5.41) is 14.4. The smallest absolute Gasteiger partial charge is 0.293 e. The SMILES string of the molecule is O=C(NCCN1CCCCCC1)c1ccc(N2CCCC2)c([N+](=O)[O-])c1. The Morgan fingerprint density at radius 3 is 2.35 bits per heavy atom. The van der Waals surface area contributed by atoms with Gasteiger partial charge in [-0.3, -0.25) is 14.9 Å². The van der Waals surface area contributed by atoms with E-state index in [0.717, 1.165) is 45.6 Å². The summed E-state index contributed by atoms with van der Waals surface area (Å²) < 4.78 is 0. The van der Waals surface area contributed by atoms with E-state index in [2.05, 4.69) is 10.2 Å². The highest BCUT2D eigenvalue weighted by Gasteiger charge is 2.23. The molecule has 2 saturated heterocycles. The molecule has 0 radical (unpaired) electrons. The highest BCUT2D eigenvalue weighted by molar-refractivity contribution is 5.95. The molecule has 0 bridgehead atoms. The molecule has 0 aliphatic carbocycles. The van der Waals surface area contributed by atoms with Crippen LogP contribution in [0.1, 0.15) is 48.9 Å². The van der Waals surface area contributed by atoms with Crippen LogP contribution in [0.4, 0.5) is 11.4 Å². The third kappa shape index (κ3) is 4.72. The highest BCUT2D eigenvalue weighted by Crippen LogP contribution is 2.31. The number of hydrogen-bond donors (Lipinski definition) is 1.